The Morgan fingerprint density at radius 1 is 1.26 bits per heavy atom. The number of carbonyl (C=O) groups excluding carboxylic acids is 1. The summed E-state index contributed by atoms with van der Waals surface area (Å²) in [7, 11) is 0. The molecule has 0 unspecified atom stereocenters. The van der Waals surface area contributed by atoms with Gasteiger partial charge < -0.3 is 0 Å². The van der Waals surface area contributed by atoms with Crippen LogP contribution in [0.5, 0.6) is 0 Å². The molecule has 0 aromatic carbocycles. The smallest absolute Gasteiger partial charge is 0.292 e. The fourth-order valence-electron chi connectivity index (χ4n) is 2.45. The van der Waals surface area contributed by atoms with Crippen molar-refractivity contribution < 1.29 is 4.42 Å². The van der Waals surface area contributed by atoms with E-state index in [0.29, 0.717) is 6.61 Å². The predicted octanol–water partition coefficient (Wildman–Crippen LogP) is 5.29. The second-order valence-corrected chi connectivity index (χ2v) is 5.54. The van der Waals surface area contributed by atoms with Gasteiger partial charge >= 0.3 is 5.78 Å². The highest BCUT2D eigenvalue weighted by molar-refractivity contribution is 6.02. The second-order valence-electron chi connectivity index (χ2n) is 5.54. The lowest BCUT2D eigenvalue weighted by atomic mass is 9.94. The molecule has 2 rings (SSSR count). The van der Waals surface area contributed by atoms with Gasteiger partial charge in [-0.15, -0.1) is 11.8 Å². The van der Waals surface area contributed by atoms with Gasteiger partial charge in [-0.1, -0.05) is 25.0 Å². The molecule has 0 atom stereocenters. The van der Waals surface area contributed by atoms with Gasteiger partial charge in [-0.2, -0.15) is 5.57 Å². The molecule has 0 aromatic heterocycles. The van der Waals surface area contributed by atoms with E-state index in [1.807, 2.05) is 30.4 Å². The van der Waals surface area contributed by atoms with E-state index in [4.69, 9.17) is 11.0 Å². The van der Waals surface area contributed by atoms with E-state index in [1.54, 1.807) is 6.08 Å². The van der Waals surface area contributed by atoms with E-state index < -0.39 is 0 Å². The van der Waals surface area contributed by atoms with Crippen LogP contribution in [-0.4, -0.2) is 12.4 Å². The molecule has 2 aliphatic carbocycles. The Morgan fingerprint density at radius 3 is 2.70 bits per heavy atom. The summed E-state index contributed by atoms with van der Waals surface area (Å²) in [6, 6.07) is 0. The third kappa shape index (κ3) is 4.81. The fraction of sp³-hybridized carbons (Fsp3) is 0.273. The number of rotatable bonds is 6. The van der Waals surface area contributed by atoms with Crippen LogP contribution in [0, 0.1) is 6.58 Å². The number of allylic oxidation sites excluding steroid dienone is 11. The largest absolute Gasteiger partial charge is 0.344 e. The Labute approximate surface area is 139 Å². The summed E-state index contributed by atoms with van der Waals surface area (Å²) in [4.78, 5) is 0. The highest BCUT2D eigenvalue weighted by Gasteiger charge is 2.11. The number of hydrogen-bond acceptors (Lipinski definition) is 0. The number of unbranched alkanes of at least 4 members (excludes halogenated alkanes) is 1. The van der Waals surface area contributed by atoms with Crippen molar-refractivity contribution in [3.8, 4) is 0 Å². The Kier molecular flexibility index (Phi) is 6.59. The molecule has 0 aliphatic heterocycles. The van der Waals surface area contributed by atoms with Crippen LogP contribution in [0.4, 0.5) is 0 Å². The summed E-state index contributed by atoms with van der Waals surface area (Å²) in [5.41, 5.74) is 7.66. The van der Waals surface area contributed by atoms with Gasteiger partial charge in [-0.25, -0.2) is 6.08 Å². The van der Waals surface area contributed by atoms with Crippen molar-refractivity contribution in [1.29, 1.82) is 0 Å². The van der Waals surface area contributed by atoms with Gasteiger partial charge in [0.25, 0.3) is 6.61 Å². The third-order valence-corrected chi connectivity index (χ3v) is 3.93. The molecule has 0 amide bonds. The maximum absolute atomic E-state index is 5.89. The Morgan fingerprint density at radius 2 is 2.04 bits per heavy atom. The Balaban J connectivity index is 2.08. The predicted molar refractivity (Wildman–Crippen MR) is 98.1 cm³/mol. The molecule has 0 radical (unpaired) electrons. The SMILES string of the molecule is [CH-]=CC1=CC=C=CC1=C1C=CC(=[O+]C/C(=C/C)CCCC)C=C1. The molecular weight excluding hydrogens is 280 g/mol. The first-order chi connectivity index (χ1) is 11.3. The van der Waals surface area contributed by atoms with Gasteiger partial charge in [0.05, 0.1) is 0 Å². The average Bonchev–Trinajstić information content (AvgIpc) is 2.62. The van der Waals surface area contributed by atoms with Crippen molar-refractivity contribution in [3.05, 3.63) is 89.3 Å². The molecule has 1 nitrogen and oxygen atoms in total. The molecule has 0 bridgehead atoms. The second kappa shape index (κ2) is 8.92. The standard InChI is InChI=1S/C22H24O/c1-4-7-10-18(5-2)17-23-21-15-13-20(14-16-21)22-12-9-8-11-19(22)6-3/h3,5-6,8,11-16H,4,7,10,17H2,1-2H3/b18-5+. The normalized spacial score (nSPS) is 16.9. The Hall–Kier alpha value is -2.37. The molecule has 0 spiro atoms. The van der Waals surface area contributed by atoms with Gasteiger partial charge in [-0.05, 0) is 49.6 Å². The maximum atomic E-state index is 5.89. The maximum Gasteiger partial charge on any atom is 0.344 e. The zero-order chi connectivity index (χ0) is 16.5. The minimum atomic E-state index is 0.663. The fourth-order valence-corrected chi connectivity index (χ4v) is 2.45. The average molecular weight is 304 g/mol. The zero-order valence-corrected chi connectivity index (χ0v) is 14.0. The van der Waals surface area contributed by atoms with E-state index in [1.165, 1.54) is 18.4 Å². The minimum absolute atomic E-state index is 0.663. The quantitative estimate of drug-likeness (QED) is 0.273. The van der Waals surface area contributed by atoms with Crippen molar-refractivity contribution in [3.63, 3.8) is 0 Å². The van der Waals surface area contributed by atoms with Gasteiger partial charge in [0, 0.05) is 17.7 Å². The van der Waals surface area contributed by atoms with Crippen LogP contribution in [0.2, 0.25) is 0 Å². The van der Waals surface area contributed by atoms with Crippen LogP contribution in [0.15, 0.2) is 82.7 Å². The van der Waals surface area contributed by atoms with Crippen molar-refractivity contribution >= 4 is 5.78 Å². The van der Waals surface area contributed by atoms with Gasteiger partial charge in [-0.3, -0.25) is 11.0 Å². The van der Waals surface area contributed by atoms with Crippen molar-refractivity contribution in [2.24, 2.45) is 0 Å². The first-order valence-corrected chi connectivity index (χ1v) is 8.20. The van der Waals surface area contributed by atoms with E-state index in [-0.39, 0.29) is 0 Å². The topological polar surface area (TPSA) is 11.3 Å². The number of hydrogen-bond donors (Lipinski definition) is 0. The molecule has 118 valence electrons. The molecule has 0 aromatic rings. The lowest BCUT2D eigenvalue weighted by Gasteiger charge is -2.16. The molecular formula is C22H24O. The molecule has 0 fully saturated rings. The molecule has 23 heavy (non-hydrogen) atoms. The molecule has 1 heteroatoms. The molecule has 0 heterocycles. The van der Waals surface area contributed by atoms with Crippen LogP contribution in [0.1, 0.15) is 33.1 Å². The monoisotopic (exact) mass is 304 g/mol. The van der Waals surface area contributed by atoms with Crippen molar-refractivity contribution in [2.45, 2.75) is 33.1 Å². The minimum Gasteiger partial charge on any atom is -0.292 e. The third-order valence-electron chi connectivity index (χ3n) is 3.93. The summed E-state index contributed by atoms with van der Waals surface area (Å²) < 4.78 is 5.89. The summed E-state index contributed by atoms with van der Waals surface area (Å²) in [6.07, 6.45) is 21.3. The van der Waals surface area contributed by atoms with Crippen LogP contribution in [0.3, 0.4) is 0 Å². The van der Waals surface area contributed by atoms with Crippen LogP contribution in [0.25, 0.3) is 0 Å². The molecule has 0 saturated heterocycles. The van der Waals surface area contributed by atoms with Crippen LogP contribution < -0.4 is 0 Å². The van der Waals surface area contributed by atoms with Gasteiger partial charge in [0.2, 0.25) is 0 Å². The summed E-state index contributed by atoms with van der Waals surface area (Å²) in [6.45, 7) is 10.6. The summed E-state index contributed by atoms with van der Waals surface area (Å²) >= 11 is 0. The molecule has 0 saturated carbocycles. The lowest BCUT2D eigenvalue weighted by Crippen LogP contribution is -2.03. The highest BCUT2D eigenvalue weighted by Crippen LogP contribution is 2.23. The van der Waals surface area contributed by atoms with Gasteiger partial charge in [0.1, 0.15) is 0 Å². The number of ketones is 1. The first kappa shape index (κ1) is 17.0. The summed E-state index contributed by atoms with van der Waals surface area (Å²) in [5.74, 6) is 0.891. The van der Waals surface area contributed by atoms with Crippen molar-refractivity contribution in [1.82, 2.24) is 0 Å². The van der Waals surface area contributed by atoms with Gasteiger partial charge in [0.15, 0.2) is 0 Å². The Bertz CT molecular complexity index is 678. The lowest BCUT2D eigenvalue weighted by molar-refractivity contribution is -0.445. The van der Waals surface area contributed by atoms with E-state index in [9.17, 15) is 0 Å². The van der Waals surface area contributed by atoms with E-state index in [0.717, 1.165) is 28.9 Å². The zero-order valence-electron chi connectivity index (χ0n) is 14.0. The van der Waals surface area contributed by atoms with Crippen LogP contribution in [-0.2, 0) is 4.42 Å². The molecule has 0 N–H and O–H groups in total. The summed E-state index contributed by atoms with van der Waals surface area (Å²) in [5, 5.41) is 0. The van der Waals surface area contributed by atoms with Crippen molar-refractivity contribution in [2.75, 3.05) is 6.61 Å². The van der Waals surface area contributed by atoms with Crippen LogP contribution >= 0.6 is 0 Å². The molecule has 2 aliphatic rings. The first-order valence-electron chi connectivity index (χ1n) is 8.20. The van der Waals surface area contributed by atoms with E-state index in [2.05, 4.69) is 37.8 Å². The van der Waals surface area contributed by atoms with E-state index >= 15 is 0 Å². The highest BCUT2D eigenvalue weighted by atomic mass is 16.4.